The number of rotatable bonds is 5. The second-order valence-corrected chi connectivity index (χ2v) is 6.94. The number of amides is 1. The molecule has 1 amide bonds. The zero-order valence-corrected chi connectivity index (χ0v) is 14.5. The first kappa shape index (κ1) is 16.7. The highest BCUT2D eigenvalue weighted by molar-refractivity contribution is 7.09. The van der Waals surface area contributed by atoms with Gasteiger partial charge in [-0.2, -0.15) is 0 Å². The minimum atomic E-state index is 0.0159. The molecule has 0 spiro atoms. The largest absolute Gasteiger partial charge is 0.487 e. The molecule has 6 heteroatoms. The van der Waals surface area contributed by atoms with Crippen LogP contribution in [0.2, 0.25) is 0 Å². The highest BCUT2D eigenvalue weighted by Gasteiger charge is 2.21. The zero-order chi connectivity index (χ0) is 16.9. The molecule has 3 rings (SSSR count). The molecule has 1 atom stereocenters. The van der Waals surface area contributed by atoms with Gasteiger partial charge in [-0.05, 0) is 37.1 Å². The Balaban J connectivity index is 1.52. The molecule has 0 radical (unpaired) electrons. The molecule has 1 aliphatic heterocycles. The number of hydrogen-bond donors (Lipinski definition) is 1. The normalized spacial score (nSPS) is 17.6. The second-order valence-electron chi connectivity index (χ2n) is 5.88. The fraction of sp³-hybridized carbons (Fsp3) is 0.333. The monoisotopic (exact) mass is 343 g/mol. The van der Waals surface area contributed by atoms with Gasteiger partial charge in [-0.3, -0.25) is 4.79 Å². The Morgan fingerprint density at radius 2 is 2.25 bits per heavy atom. The van der Waals surface area contributed by atoms with Crippen LogP contribution in [0, 0.1) is 6.92 Å². The Morgan fingerprint density at radius 3 is 2.88 bits per heavy atom. The summed E-state index contributed by atoms with van der Waals surface area (Å²) in [7, 11) is 0. The van der Waals surface area contributed by atoms with E-state index in [-0.39, 0.29) is 11.9 Å². The smallest absolute Gasteiger partial charge is 0.246 e. The van der Waals surface area contributed by atoms with Crippen molar-refractivity contribution in [3.05, 3.63) is 52.0 Å². The van der Waals surface area contributed by atoms with Crippen LogP contribution in [0.4, 0.5) is 0 Å². The number of aryl methyl sites for hydroxylation is 1. The third-order valence-electron chi connectivity index (χ3n) is 3.89. The summed E-state index contributed by atoms with van der Waals surface area (Å²) in [6.45, 7) is 3.83. The number of carbonyl (C=O) groups excluding carboxylic acids is 1. The van der Waals surface area contributed by atoms with Crippen LogP contribution in [-0.4, -0.2) is 34.9 Å². The molecule has 1 saturated heterocycles. The van der Waals surface area contributed by atoms with Gasteiger partial charge in [-0.15, -0.1) is 11.3 Å². The zero-order valence-electron chi connectivity index (χ0n) is 13.6. The van der Waals surface area contributed by atoms with E-state index in [1.54, 1.807) is 22.3 Å². The fourth-order valence-electron chi connectivity index (χ4n) is 2.57. The molecule has 24 heavy (non-hydrogen) atoms. The van der Waals surface area contributed by atoms with Crippen LogP contribution >= 0.6 is 11.3 Å². The molecule has 1 aromatic carbocycles. The first-order chi connectivity index (χ1) is 11.6. The Labute approximate surface area is 145 Å². The van der Waals surface area contributed by atoms with Crippen LogP contribution in [-0.2, 0) is 11.4 Å². The topological polar surface area (TPSA) is 68.5 Å². The summed E-state index contributed by atoms with van der Waals surface area (Å²) >= 11 is 1.62. The van der Waals surface area contributed by atoms with Crippen LogP contribution in [0.25, 0.3) is 6.08 Å². The van der Waals surface area contributed by atoms with Gasteiger partial charge >= 0.3 is 0 Å². The Bertz CT molecular complexity index is 724. The van der Waals surface area contributed by atoms with Crippen LogP contribution in [0.1, 0.15) is 22.7 Å². The molecule has 0 aliphatic carbocycles. The Morgan fingerprint density at radius 1 is 1.46 bits per heavy atom. The number of nitrogens with zero attached hydrogens (tertiary/aromatic N) is 2. The standard InChI is InChI=1S/C18H21N3O2S/c1-13-20-16(12-24-13)11-23-17-5-2-14(3-6-17)4-7-18(22)21-9-8-15(19)10-21/h2-7,12,15H,8-11,19H2,1H3. The lowest BCUT2D eigenvalue weighted by molar-refractivity contribution is -0.124. The Hall–Kier alpha value is -2.18. The SMILES string of the molecule is Cc1nc(COc2ccc(C=CC(=O)N3CCC(N)C3)cc2)cs1. The van der Waals surface area contributed by atoms with E-state index in [1.165, 1.54) is 0 Å². The lowest BCUT2D eigenvalue weighted by Crippen LogP contribution is -2.30. The summed E-state index contributed by atoms with van der Waals surface area (Å²) in [6.07, 6.45) is 4.30. The summed E-state index contributed by atoms with van der Waals surface area (Å²) in [5.74, 6) is 0.803. The van der Waals surface area contributed by atoms with Gasteiger partial charge in [-0.25, -0.2) is 4.98 Å². The van der Waals surface area contributed by atoms with E-state index in [9.17, 15) is 4.79 Å². The van der Waals surface area contributed by atoms with Gasteiger partial charge in [0.05, 0.1) is 10.7 Å². The van der Waals surface area contributed by atoms with Crippen molar-refractivity contribution in [2.45, 2.75) is 26.0 Å². The number of nitrogens with two attached hydrogens (primary N) is 1. The van der Waals surface area contributed by atoms with Gasteiger partial charge in [0, 0.05) is 30.6 Å². The van der Waals surface area contributed by atoms with Crippen molar-refractivity contribution in [1.29, 1.82) is 0 Å². The van der Waals surface area contributed by atoms with Crippen LogP contribution < -0.4 is 10.5 Å². The molecule has 1 unspecified atom stereocenters. The van der Waals surface area contributed by atoms with E-state index in [4.69, 9.17) is 10.5 Å². The molecule has 2 heterocycles. The molecule has 1 aromatic heterocycles. The van der Waals surface area contributed by atoms with Crippen molar-refractivity contribution in [3.8, 4) is 5.75 Å². The molecular formula is C18H21N3O2S. The minimum absolute atomic E-state index is 0.0159. The number of aromatic nitrogens is 1. The quantitative estimate of drug-likeness (QED) is 0.847. The number of hydrogen-bond acceptors (Lipinski definition) is 5. The van der Waals surface area contributed by atoms with Crippen LogP contribution in [0.15, 0.2) is 35.7 Å². The van der Waals surface area contributed by atoms with E-state index < -0.39 is 0 Å². The second kappa shape index (κ2) is 7.59. The number of carbonyl (C=O) groups is 1. The predicted molar refractivity (Wildman–Crippen MR) is 95.8 cm³/mol. The average molecular weight is 343 g/mol. The van der Waals surface area contributed by atoms with Crippen molar-refractivity contribution in [3.63, 3.8) is 0 Å². The van der Waals surface area contributed by atoms with Crippen molar-refractivity contribution >= 4 is 23.3 Å². The van der Waals surface area contributed by atoms with Crippen molar-refractivity contribution in [1.82, 2.24) is 9.88 Å². The predicted octanol–water partition coefficient (Wildman–Crippen LogP) is 2.60. The van der Waals surface area contributed by atoms with Gasteiger partial charge in [0.15, 0.2) is 0 Å². The summed E-state index contributed by atoms with van der Waals surface area (Å²) in [5, 5.41) is 3.04. The van der Waals surface area contributed by atoms with Crippen molar-refractivity contribution in [2.75, 3.05) is 13.1 Å². The van der Waals surface area contributed by atoms with E-state index in [1.807, 2.05) is 42.6 Å². The van der Waals surface area contributed by atoms with Gasteiger partial charge in [0.2, 0.25) is 5.91 Å². The van der Waals surface area contributed by atoms with Gasteiger partial charge in [0.1, 0.15) is 12.4 Å². The van der Waals surface area contributed by atoms with Gasteiger partial charge in [-0.1, -0.05) is 12.1 Å². The molecular weight excluding hydrogens is 322 g/mol. The maximum absolute atomic E-state index is 12.0. The van der Waals surface area contributed by atoms with Crippen LogP contribution in [0.5, 0.6) is 5.75 Å². The maximum atomic E-state index is 12.0. The first-order valence-electron chi connectivity index (χ1n) is 7.96. The van der Waals surface area contributed by atoms with E-state index in [0.29, 0.717) is 13.2 Å². The molecule has 5 nitrogen and oxygen atoms in total. The third-order valence-corrected chi connectivity index (χ3v) is 4.71. The summed E-state index contributed by atoms with van der Waals surface area (Å²) < 4.78 is 5.71. The summed E-state index contributed by atoms with van der Waals surface area (Å²) in [5.41, 5.74) is 7.73. The molecule has 0 bridgehead atoms. The minimum Gasteiger partial charge on any atom is -0.487 e. The third kappa shape index (κ3) is 4.43. The number of ether oxygens (including phenoxy) is 1. The van der Waals surface area contributed by atoms with E-state index >= 15 is 0 Å². The highest BCUT2D eigenvalue weighted by atomic mass is 32.1. The van der Waals surface area contributed by atoms with E-state index in [0.717, 1.165) is 35.0 Å². The van der Waals surface area contributed by atoms with Gasteiger partial charge in [0.25, 0.3) is 0 Å². The average Bonchev–Trinajstić information content (AvgIpc) is 3.20. The highest BCUT2D eigenvalue weighted by Crippen LogP contribution is 2.16. The number of benzene rings is 1. The molecule has 2 N–H and O–H groups in total. The lowest BCUT2D eigenvalue weighted by Gasteiger charge is -2.12. The van der Waals surface area contributed by atoms with E-state index in [2.05, 4.69) is 4.98 Å². The molecule has 1 aliphatic rings. The summed E-state index contributed by atoms with van der Waals surface area (Å²) in [6, 6.07) is 7.77. The first-order valence-corrected chi connectivity index (χ1v) is 8.84. The van der Waals surface area contributed by atoms with Gasteiger partial charge < -0.3 is 15.4 Å². The Kier molecular flexibility index (Phi) is 5.27. The van der Waals surface area contributed by atoms with Crippen molar-refractivity contribution < 1.29 is 9.53 Å². The molecule has 1 fully saturated rings. The van der Waals surface area contributed by atoms with Crippen molar-refractivity contribution in [2.24, 2.45) is 5.73 Å². The molecule has 2 aromatic rings. The molecule has 0 saturated carbocycles. The number of thiazole rings is 1. The number of likely N-dealkylation sites (tertiary alicyclic amines) is 1. The maximum Gasteiger partial charge on any atom is 0.246 e. The fourth-order valence-corrected chi connectivity index (χ4v) is 3.16. The lowest BCUT2D eigenvalue weighted by atomic mass is 10.2. The summed E-state index contributed by atoms with van der Waals surface area (Å²) in [4.78, 5) is 18.2. The van der Waals surface area contributed by atoms with Crippen LogP contribution in [0.3, 0.4) is 0 Å². The molecule has 126 valence electrons.